The smallest absolute Gasteiger partial charge is 0.260 e. The fraction of sp³-hybridized carbons (Fsp3) is 0.400. The number of ether oxygens (including phenoxy) is 1. The predicted octanol–water partition coefficient (Wildman–Crippen LogP) is 3.46. The van der Waals surface area contributed by atoms with E-state index in [0.717, 1.165) is 12.2 Å². The van der Waals surface area contributed by atoms with Gasteiger partial charge in [0.2, 0.25) is 0 Å². The summed E-state index contributed by atoms with van der Waals surface area (Å²) in [4.78, 5) is 17.9. The zero-order chi connectivity index (χ0) is 17.6. The quantitative estimate of drug-likeness (QED) is 0.816. The van der Waals surface area contributed by atoms with E-state index in [1.807, 2.05) is 30.3 Å². The van der Waals surface area contributed by atoms with E-state index in [1.165, 1.54) is 11.1 Å². The van der Waals surface area contributed by atoms with E-state index in [2.05, 4.69) is 31.8 Å². The zero-order valence-electron chi connectivity index (χ0n) is 15.0. The SMILES string of the molecule is CN(CCc1ccncc1)C(=O)COc1cccc(C(C)(C)C)c1. The van der Waals surface area contributed by atoms with Crippen LogP contribution in [-0.2, 0) is 16.6 Å². The van der Waals surface area contributed by atoms with Crippen LogP contribution in [0.15, 0.2) is 48.8 Å². The average molecular weight is 326 g/mol. The Labute approximate surface area is 144 Å². The van der Waals surface area contributed by atoms with Crippen LogP contribution in [0, 0.1) is 0 Å². The first-order valence-corrected chi connectivity index (χ1v) is 8.22. The Kier molecular flexibility index (Phi) is 5.96. The molecular formula is C20H26N2O2. The van der Waals surface area contributed by atoms with Crippen molar-refractivity contribution in [3.05, 3.63) is 59.9 Å². The van der Waals surface area contributed by atoms with Gasteiger partial charge in [-0.1, -0.05) is 32.9 Å². The van der Waals surface area contributed by atoms with Gasteiger partial charge in [0, 0.05) is 26.0 Å². The van der Waals surface area contributed by atoms with Gasteiger partial charge in [0.1, 0.15) is 5.75 Å². The number of amides is 1. The van der Waals surface area contributed by atoms with Crippen molar-refractivity contribution < 1.29 is 9.53 Å². The number of carbonyl (C=O) groups excluding carboxylic acids is 1. The molecular weight excluding hydrogens is 300 g/mol. The van der Waals surface area contributed by atoms with Crippen LogP contribution in [0.4, 0.5) is 0 Å². The lowest BCUT2D eigenvalue weighted by molar-refractivity contribution is -0.132. The number of rotatable bonds is 6. The van der Waals surface area contributed by atoms with E-state index in [0.29, 0.717) is 6.54 Å². The van der Waals surface area contributed by atoms with Crippen molar-refractivity contribution in [1.29, 1.82) is 0 Å². The normalized spacial score (nSPS) is 11.2. The highest BCUT2D eigenvalue weighted by Crippen LogP contribution is 2.25. The van der Waals surface area contributed by atoms with Gasteiger partial charge in [0.15, 0.2) is 6.61 Å². The molecule has 1 heterocycles. The first-order chi connectivity index (χ1) is 11.4. The van der Waals surface area contributed by atoms with Gasteiger partial charge in [-0.05, 0) is 47.2 Å². The van der Waals surface area contributed by atoms with Gasteiger partial charge >= 0.3 is 0 Å². The molecule has 0 fully saturated rings. The van der Waals surface area contributed by atoms with Crippen molar-refractivity contribution in [3.63, 3.8) is 0 Å². The van der Waals surface area contributed by atoms with Crippen LogP contribution in [0.2, 0.25) is 0 Å². The molecule has 0 saturated heterocycles. The first-order valence-electron chi connectivity index (χ1n) is 8.22. The van der Waals surface area contributed by atoms with Crippen molar-refractivity contribution in [2.45, 2.75) is 32.6 Å². The number of nitrogens with zero attached hydrogens (tertiary/aromatic N) is 2. The van der Waals surface area contributed by atoms with Crippen molar-refractivity contribution in [2.75, 3.05) is 20.2 Å². The third-order valence-corrected chi connectivity index (χ3v) is 3.97. The molecule has 0 bridgehead atoms. The molecule has 0 atom stereocenters. The summed E-state index contributed by atoms with van der Waals surface area (Å²) in [6.07, 6.45) is 4.34. The minimum Gasteiger partial charge on any atom is -0.484 e. The summed E-state index contributed by atoms with van der Waals surface area (Å²) in [6.45, 7) is 7.19. The summed E-state index contributed by atoms with van der Waals surface area (Å²) < 4.78 is 5.68. The number of hydrogen-bond donors (Lipinski definition) is 0. The van der Waals surface area contributed by atoms with E-state index in [4.69, 9.17) is 4.74 Å². The molecule has 0 aliphatic carbocycles. The van der Waals surface area contributed by atoms with Gasteiger partial charge in [-0.2, -0.15) is 0 Å². The molecule has 4 heteroatoms. The molecule has 0 saturated carbocycles. The number of likely N-dealkylation sites (N-methyl/N-ethyl adjacent to an activating group) is 1. The molecule has 0 N–H and O–H groups in total. The maximum Gasteiger partial charge on any atom is 0.260 e. The van der Waals surface area contributed by atoms with Crippen molar-refractivity contribution in [2.24, 2.45) is 0 Å². The van der Waals surface area contributed by atoms with Crippen LogP contribution in [0.5, 0.6) is 5.75 Å². The molecule has 4 nitrogen and oxygen atoms in total. The molecule has 0 unspecified atom stereocenters. The number of benzene rings is 1. The van der Waals surface area contributed by atoms with E-state index in [1.54, 1.807) is 24.3 Å². The summed E-state index contributed by atoms with van der Waals surface area (Å²) in [5.41, 5.74) is 2.42. The number of pyridine rings is 1. The Morgan fingerprint density at radius 2 is 1.88 bits per heavy atom. The first kappa shape index (κ1) is 18.0. The Morgan fingerprint density at radius 3 is 2.54 bits per heavy atom. The molecule has 1 aromatic heterocycles. The highest BCUT2D eigenvalue weighted by molar-refractivity contribution is 5.77. The largest absolute Gasteiger partial charge is 0.484 e. The van der Waals surface area contributed by atoms with Gasteiger partial charge in [-0.15, -0.1) is 0 Å². The minimum atomic E-state index is -0.0229. The van der Waals surface area contributed by atoms with Gasteiger partial charge in [0.25, 0.3) is 5.91 Å². The van der Waals surface area contributed by atoms with Crippen molar-refractivity contribution >= 4 is 5.91 Å². The molecule has 24 heavy (non-hydrogen) atoms. The van der Waals surface area contributed by atoms with Crippen LogP contribution in [0.3, 0.4) is 0 Å². The monoisotopic (exact) mass is 326 g/mol. The third-order valence-electron chi connectivity index (χ3n) is 3.97. The highest BCUT2D eigenvalue weighted by atomic mass is 16.5. The Balaban J connectivity index is 1.84. The number of aromatic nitrogens is 1. The van der Waals surface area contributed by atoms with Gasteiger partial charge in [-0.25, -0.2) is 0 Å². The lowest BCUT2D eigenvalue weighted by Gasteiger charge is -2.20. The molecule has 0 spiro atoms. The number of hydrogen-bond acceptors (Lipinski definition) is 3. The zero-order valence-corrected chi connectivity index (χ0v) is 15.0. The Morgan fingerprint density at radius 1 is 1.17 bits per heavy atom. The van der Waals surface area contributed by atoms with Crippen LogP contribution in [0.25, 0.3) is 0 Å². The Hall–Kier alpha value is -2.36. The summed E-state index contributed by atoms with van der Waals surface area (Å²) >= 11 is 0. The molecule has 0 aliphatic heterocycles. The van der Waals surface area contributed by atoms with Gasteiger partial charge in [0.05, 0.1) is 0 Å². The fourth-order valence-electron chi connectivity index (χ4n) is 2.28. The van der Waals surface area contributed by atoms with E-state index in [9.17, 15) is 4.79 Å². The highest BCUT2D eigenvalue weighted by Gasteiger charge is 2.15. The van der Waals surface area contributed by atoms with Crippen LogP contribution in [-0.4, -0.2) is 36.0 Å². The molecule has 0 aliphatic rings. The molecule has 1 amide bonds. The predicted molar refractivity (Wildman–Crippen MR) is 96.2 cm³/mol. The van der Waals surface area contributed by atoms with Gasteiger partial charge < -0.3 is 9.64 Å². The second kappa shape index (κ2) is 7.95. The standard InChI is InChI=1S/C20H26N2O2/c1-20(2,3)17-6-5-7-18(14-17)24-15-19(23)22(4)13-10-16-8-11-21-12-9-16/h5-9,11-12,14H,10,13,15H2,1-4H3. The summed E-state index contributed by atoms with van der Waals surface area (Å²) in [6, 6.07) is 11.9. The summed E-state index contributed by atoms with van der Waals surface area (Å²) in [5, 5.41) is 0. The topological polar surface area (TPSA) is 42.4 Å². The summed E-state index contributed by atoms with van der Waals surface area (Å²) in [5.74, 6) is 0.712. The second-order valence-electron chi connectivity index (χ2n) is 6.99. The van der Waals surface area contributed by atoms with Crippen molar-refractivity contribution in [1.82, 2.24) is 9.88 Å². The van der Waals surface area contributed by atoms with E-state index < -0.39 is 0 Å². The number of carbonyl (C=O) groups is 1. The lowest BCUT2D eigenvalue weighted by atomic mass is 9.87. The molecule has 2 aromatic rings. The van der Waals surface area contributed by atoms with Crippen molar-refractivity contribution in [3.8, 4) is 5.75 Å². The van der Waals surface area contributed by atoms with Crippen LogP contribution < -0.4 is 4.74 Å². The van der Waals surface area contributed by atoms with E-state index in [-0.39, 0.29) is 17.9 Å². The third kappa shape index (κ3) is 5.37. The summed E-state index contributed by atoms with van der Waals surface area (Å²) in [7, 11) is 1.80. The maximum atomic E-state index is 12.2. The van der Waals surface area contributed by atoms with Crippen LogP contribution in [0.1, 0.15) is 31.9 Å². The van der Waals surface area contributed by atoms with Crippen LogP contribution >= 0.6 is 0 Å². The average Bonchev–Trinajstić information content (AvgIpc) is 2.58. The minimum absolute atomic E-state index is 0.0229. The Bertz CT molecular complexity index is 663. The van der Waals surface area contributed by atoms with Gasteiger partial charge in [-0.3, -0.25) is 9.78 Å². The molecule has 1 aromatic carbocycles. The van der Waals surface area contributed by atoms with E-state index >= 15 is 0 Å². The molecule has 0 radical (unpaired) electrons. The fourth-order valence-corrected chi connectivity index (χ4v) is 2.28. The molecule has 128 valence electrons. The molecule has 2 rings (SSSR count). The second-order valence-corrected chi connectivity index (χ2v) is 6.99. The lowest BCUT2D eigenvalue weighted by Crippen LogP contribution is -2.33. The maximum absolute atomic E-state index is 12.2.